The van der Waals surface area contributed by atoms with Crippen LogP contribution in [-0.2, 0) is 19.1 Å². The van der Waals surface area contributed by atoms with Crippen molar-refractivity contribution in [3.8, 4) is 0 Å². The van der Waals surface area contributed by atoms with Crippen molar-refractivity contribution in [1.29, 1.82) is 0 Å². The molecular weight excluding hydrogens is 360 g/mol. The zero-order chi connectivity index (χ0) is 20.4. The molecule has 0 aromatic heterocycles. The van der Waals surface area contributed by atoms with E-state index in [1.165, 1.54) is 0 Å². The van der Waals surface area contributed by atoms with Crippen molar-refractivity contribution >= 4 is 23.5 Å². The average Bonchev–Trinajstić information content (AvgIpc) is 2.72. The summed E-state index contributed by atoms with van der Waals surface area (Å²) in [5, 5.41) is 5.83. The van der Waals surface area contributed by atoms with E-state index < -0.39 is 0 Å². The van der Waals surface area contributed by atoms with Gasteiger partial charge in [0.1, 0.15) is 0 Å². The number of carbonyl (C=O) groups excluding carboxylic acids is 3. The number of rotatable bonds is 9. The summed E-state index contributed by atoms with van der Waals surface area (Å²) in [7, 11) is 1.64. The molecule has 0 atom stereocenters. The minimum absolute atomic E-state index is 0.0181. The van der Waals surface area contributed by atoms with Crippen molar-refractivity contribution in [3.05, 3.63) is 29.8 Å². The van der Waals surface area contributed by atoms with Gasteiger partial charge in [-0.3, -0.25) is 9.59 Å². The van der Waals surface area contributed by atoms with Gasteiger partial charge in [-0.2, -0.15) is 0 Å². The molecule has 1 aromatic rings. The highest BCUT2D eigenvalue weighted by Crippen LogP contribution is 2.30. The number of amides is 2. The van der Waals surface area contributed by atoms with E-state index in [0.717, 1.165) is 19.3 Å². The number of hydrogen-bond donors (Lipinski definition) is 2. The quantitative estimate of drug-likeness (QED) is 0.499. The van der Waals surface area contributed by atoms with Crippen LogP contribution in [0.1, 0.15) is 49.4 Å². The number of esters is 1. The van der Waals surface area contributed by atoms with E-state index in [1.54, 1.807) is 38.3 Å². The van der Waals surface area contributed by atoms with E-state index in [2.05, 4.69) is 10.6 Å². The summed E-state index contributed by atoms with van der Waals surface area (Å²) in [6.45, 7) is 3.33. The first-order chi connectivity index (χ1) is 13.5. The lowest BCUT2D eigenvalue weighted by molar-refractivity contribution is -0.128. The third kappa shape index (κ3) is 6.64. The summed E-state index contributed by atoms with van der Waals surface area (Å²) in [4.78, 5) is 36.3. The fraction of sp³-hybridized carbons (Fsp3) is 0.571. The van der Waals surface area contributed by atoms with Crippen LogP contribution in [0, 0.1) is 11.8 Å². The average molecular weight is 390 g/mol. The Balaban J connectivity index is 1.76. The number of carbonyl (C=O) groups is 3. The topological polar surface area (TPSA) is 93.7 Å². The Hall–Kier alpha value is -2.41. The zero-order valence-electron chi connectivity index (χ0n) is 16.7. The van der Waals surface area contributed by atoms with Crippen LogP contribution in [0.4, 0.5) is 5.69 Å². The molecule has 7 nitrogen and oxygen atoms in total. The molecule has 154 valence electrons. The van der Waals surface area contributed by atoms with E-state index in [0.29, 0.717) is 43.9 Å². The summed E-state index contributed by atoms with van der Waals surface area (Å²) in [5.41, 5.74) is 1.10. The predicted molar refractivity (Wildman–Crippen MR) is 106 cm³/mol. The minimum Gasteiger partial charge on any atom is -0.462 e. The van der Waals surface area contributed by atoms with Gasteiger partial charge in [0, 0.05) is 37.8 Å². The zero-order valence-corrected chi connectivity index (χ0v) is 16.7. The largest absolute Gasteiger partial charge is 0.462 e. The Morgan fingerprint density at radius 3 is 2.18 bits per heavy atom. The normalized spacial score (nSPS) is 18.9. The highest BCUT2D eigenvalue weighted by atomic mass is 16.5. The van der Waals surface area contributed by atoms with Gasteiger partial charge in [-0.1, -0.05) is 0 Å². The van der Waals surface area contributed by atoms with Gasteiger partial charge in [0.15, 0.2) is 0 Å². The Bertz CT molecular complexity index is 651. The Kier molecular flexibility index (Phi) is 8.94. The molecule has 1 aliphatic rings. The molecule has 0 saturated heterocycles. The smallest absolute Gasteiger partial charge is 0.338 e. The lowest BCUT2D eigenvalue weighted by Gasteiger charge is -2.27. The third-order valence-corrected chi connectivity index (χ3v) is 4.96. The summed E-state index contributed by atoms with van der Waals surface area (Å²) in [6, 6.07) is 6.67. The van der Waals surface area contributed by atoms with Crippen LogP contribution in [0.3, 0.4) is 0 Å². The van der Waals surface area contributed by atoms with Crippen LogP contribution in [0.2, 0.25) is 0 Å². The fourth-order valence-electron chi connectivity index (χ4n) is 3.34. The minimum atomic E-state index is -0.376. The predicted octanol–water partition coefficient (Wildman–Crippen LogP) is 2.76. The van der Waals surface area contributed by atoms with Crippen LogP contribution in [-0.4, -0.2) is 44.7 Å². The summed E-state index contributed by atoms with van der Waals surface area (Å²) in [6.07, 6.45) is 3.63. The second kappa shape index (κ2) is 11.4. The van der Waals surface area contributed by atoms with Crippen molar-refractivity contribution in [3.63, 3.8) is 0 Å². The molecule has 0 aliphatic heterocycles. The second-order valence-corrected chi connectivity index (χ2v) is 6.97. The van der Waals surface area contributed by atoms with Crippen molar-refractivity contribution < 1.29 is 23.9 Å². The summed E-state index contributed by atoms with van der Waals surface area (Å²) in [5.74, 6) is -0.454. The lowest BCUT2D eigenvalue weighted by atomic mass is 9.81. The van der Waals surface area contributed by atoms with Gasteiger partial charge in [-0.05, 0) is 63.3 Å². The maximum absolute atomic E-state index is 12.5. The first-order valence-corrected chi connectivity index (χ1v) is 9.89. The molecule has 1 fully saturated rings. The Morgan fingerprint density at radius 1 is 1.00 bits per heavy atom. The second-order valence-electron chi connectivity index (χ2n) is 6.97. The summed E-state index contributed by atoms with van der Waals surface area (Å²) < 4.78 is 9.91. The van der Waals surface area contributed by atoms with Gasteiger partial charge in [0.25, 0.3) is 0 Å². The van der Waals surface area contributed by atoms with Crippen molar-refractivity contribution in [1.82, 2.24) is 5.32 Å². The molecule has 1 aliphatic carbocycles. The van der Waals surface area contributed by atoms with E-state index in [9.17, 15) is 14.4 Å². The molecule has 1 aromatic carbocycles. The maximum atomic E-state index is 12.5. The number of nitrogens with one attached hydrogen (secondary N) is 2. The van der Waals surface area contributed by atoms with E-state index >= 15 is 0 Å². The third-order valence-electron chi connectivity index (χ3n) is 4.96. The van der Waals surface area contributed by atoms with Crippen molar-refractivity contribution in [2.24, 2.45) is 11.8 Å². The van der Waals surface area contributed by atoms with Crippen LogP contribution >= 0.6 is 0 Å². The molecule has 0 radical (unpaired) electrons. The molecule has 0 unspecified atom stereocenters. The molecule has 2 amide bonds. The van der Waals surface area contributed by atoms with Gasteiger partial charge < -0.3 is 20.1 Å². The molecule has 0 spiro atoms. The van der Waals surface area contributed by atoms with Gasteiger partial charge in [-0.15, -0.1) is 0 Å². The van der Waals surface area contributed by atoms with Crippen molar-refractivity contribution in [2.45, 2.75) is 39.0 Å². The van der Waals surface area contributed by atoms with Crippen LogP contribution in [0.5, 0.6) is 0 Å². The van der Waals surface area contributed by atoms with Crippen LogP contribution in [0.25, 0.3) is 0 Å². The number of benzene rings is 1. The monoisotopic (exact) mass is 390 g/mol. The van der Waals surface area contributed by atoms with Gasteiger partial charge in [-0.25, -0.2) is 4.79 Å². The first-order valence-electron chi connectivity index (χ1n) is 9.89. The first kappa shape index (κ1) is 21.9. The highest BCUT2D eigenvalue weighted by Gasteiger charge is 2.29. The molecule has 2 rings (SSSR count). The van der Waals surface area contributed by atoms with Gasteiger partial charge >= 0.3 is 5.97 Å². The number of ether oxygens (including phenoxy) is 2. The maximum Gasteiger partial charge on any atom is 0.338 e. The molecule has 2 N–H and O–H groups in total. The SMILES string of the molecule is CCOC(=O)c1ccc(NC(=O)C2CCC(C(=O)NCCCOC)CC2)cc1. The number of methoxy groups -OCH3 is 1. The van der Waals surface area contributed by atoms with Crippen molar-refractivity contribution in [2.75, 3.05) is 32.2 Å². The molecule has 7 heteroatoms. The standard InChI is InChI=1S/C21H30N2O5/c1-3-28-21(26)17-9-11-18(12-10-17)23-20(25)16-7-5-15(6-8-16)19(24)22-13-4-14-27-2/h9-12,15-16H,3-8,13-14H2,1-2H3,(H,22,24)(H,23,25). The van der Waals surface area contributed by atoms with Crippen LogP contribution < -0.4 is 10.6 Å². The van der Waals surface area contributed by atoms with E-state index in [4.69, 9.17) is 9.47 Å². The molecule has 1 saturated carbocycles. The molecular formula is C21H30N2O5. The molecule has 28 heavy (non-hydrogen) atoms. The van der Waals surface area contributed by atoms with Gasteiger partial charge in [0.05, 0.1) is 12.2 Å². The highest BCUT2D eigenvalue weighted by molar-refractivity contribution is 5.94. The Morgan fingerprint density at radius 2 is 1.61 bits per heavy atom. The van der Waals surface area contributed by atoms with E-state index in [-0.39, 0.29) is 29.6 Å². The Labute approximate surface area is 166 Å². The van der Waals surface area contributed by atoms with Crippen LogP contribution in [0.15, 0.2) is 24.3 Å². The summed E-state index contributed by atoms with van der Waals surface area (Å²) >= 11 is 0. The number of anilines is 1. The van der Waals surface area contributed by atoms with Gasteiger partial charge in [0.2, 0.25) is 11.8 Å². The molecule has 0 heterocycles. The lowest BCUT2D eigenvalue weighted by Crippen LogP contribution is -2.36. The fourth-order valence-corrected chi connectivity index (χ4v) is 3.34. The molecule has 0 bridgehead atoms. The number of hydrogen-bond acceptors (Lipinski definition) is 5. The van der Waals surface area contributed by atoms with E-state index in [1.807, 2.05) is 0 Å².